The van der Waals surface area contributed by atoms with Crippen LogP contribution in [-0.4, -0.2) is 14.4 Å². The molecule has 0 saturated heterocycles. The zero-order chi connectivity index (χ0) is 17.2. The molecule has 0 bridgehead atoms. The lowest BCUT2D eigenvalue weighted by atomic mass is 10.1. The van der Waals surface area contributed by atoms with Gasteiger partial charge in [-0.15, -0.1) is 11.3 Å². The summed E-state index contributed by atoms with van der Waals surface area (Å²) in [5, 5.41) is 11.4. The zero-order valence-corrected chi connectivity index (χ0v) is 14.6. The third kappa shape index (κ3) is 2.71. The smallest absolute Gasteiger partial charge is 0.195 e. The number of hydrogen-bond acceptors (Lipinski definition) is 4. The average molecular weight is 344 g/mol. The summed E-state index contributed by atoms with van der Waals surface area (Å²) in [6.45, 7) is 2.14. The molecular formula is C20H16N4S. The van der Waals surface area contributed by atoms with Crippen molar-refractivity contribution in [2.75, 3.05) is 0 Å². The molecule has 4 rings (SSSR count). The highest BCUT2D eigenvalue weighted by Gasteiger charge is 2.19. The summed E-state index contributed by atoms with van der Waals surface area (Å²) in [7, 11) is 0. The van der Waals surface area contributed by atoms with Gasteiger partial charge in [-0.25, -0.2) is 4.98 Å². The van der Waals surface area contributed by atoms with E-state index in [2.05, 4.69) is 52.0 Å². The summed E-state index contributed by atoms with van der Waals surface area (Å²) < 4.78 is 2.07. The first-order valence-corrected chi connectivity index (χ1v) is 9.06. The number of nitrogens with zero attached hydrogens (tertiary/aromatic N) is 4. The minimum Gasteiger partial charge on any atom is -0.284 e. The minimum absolute atomic E-state index is 0.308. The SMILES string of the molecule is CCc1ccc(-c2nc3scc(-c4ccccn4)n3c2CC#N)cc1. The van der Waals surface area contributed by atoms with Crippen LogP contribution in [0.2, 0.25) is 0 Å². The van der Waals surface area contributed by atoms with E-state index >= 15 is 0 Å². The maximum atomic E-state index is 9.35. The highest BCUT2D eigenvalue weighted by Crippen LogP contribution is 2.32. The number of benzene rings is 1. The van der Waals surface area contributed by atoms with Crippen molar-refractivity contribution in [2.45, 2.75) is 19.8 Å². The molecule has 0 saturated carbocycles. The van der Waals surface area contributed by atoms with Gasteiger partial charge < -0.3 is 0 Å². The van der Waals surface area contributed by atoms with Crippen LogP contribution in [0.1, 0.15) is 18.2 Å². The van der Waals surface area contributed by atoms with Crippen LogP contribution in [0.3, 0.4) is 0 Å². The van der Waals surface area contributed by atoms with Crippen LogP contribution >= 0.6 is 11.3 Å². The molecule has 25 heavy (non-hydrogen) atoms. The van der Waals surface area contributed by atoms with Crippen LogP contribution in [0.25, 0.3) is 27.6 Å². The van der Waals surface area contributed by atoms with E-state index in [1.54, 1.807) is 17.5 Å². The highest BCUT2D eigenvalue weighted by molar-refractivity contribution is 7.15. The van der Waals surface area contributed by atoms with Gasteiger partial charge >= 0.3 is 0 Å². The van der Waals surface area contributed by atoms with Crippen LogP contribution in [0.15, 0.2) is 54.0 Å². The normalized spacial score (nSPS) is 10.9. The van der Waals surface area contributed by atoms with Gasteiger partial charge in [-0.3, -0.25) is 9.38 Å². The number of thiazole rings is 1. The van der Waals surface area contributed by atoms with Crippen molar-refractivity contribution in [1.29, 1.82) is 5.26 Å². The van der Waals surface area contributed by atoms with Crippen molar-refractivity contribution in [3.05, 3.63) is 65.3 Å². The fraction of sp³-hybridized carbons (Fsp3) is 0.150. The summed E-state index contributed by atoms with van der Waals surface area (Å²) in [6, 6.07) is 16.6. The Morgan fingerprint density at radius 2 is 2.00 bits per heavy atom. The molecule has 0 aliphatic rings. The second-order valence-electron chi connectivity index (χ2n) is 5.75. The van der Waals surface area contributed by atoms with Crippen molar-refractivity contribution in [1.82, 2.24) is 14.4 Å². The van der Waals surface area contributed by atoms with Crippen molar-refractivity contribution in [3.63, 3.8) is 0 Å². The Morgan fingerprint density at radius 1 is 1.16 bits per heavy atom. The van der Waals surface area contributed by atoms with E-state index in [9.17, 15) is 5.26 Å². The fourth-order valence-electron chi connectivity index (χ4n) is 2.98. The van der Waals surface area contributed by atoms with Crippen molar-refractivity contribution in [2.24, 2.45) is 0 Å². The largest absolute Gasteiger partial charge is 0.284 e. The molecule has 4 nitrogen and oxygen atoms in total. The molecule has 5 heteroatoms. The van der Waals surface area contributed by atoms with E-state index in [0.29, 0.717) is 6.42 Å². The Kier molecular flexibility index (Phi) is 4.04. The topological polar surface area (TPSA) is 54.0 Å². The molecule has 3 heterocycles. The summed E-state index contributed by atoms with van der Waals surface area (Å²) in [5.74, 6) is 0. The van der Waals surface area contributed by atoms with Crippen LogP contribution in [0, 0.1) is 11.3 Å². The molecule has 0 N–H and O–H groups in total. The Labute approximate surface area is 150 Å². The Balaban J connectivity index is 1.92. The maximum Gasteiger partial charge on any atom is 0.195 e. The number of imidazole rings is 1. The summed E-state index contributed by atoms with van der Waals surface area (Å²) in [6.07, 6.45) is 3.10. The van der Waals surface area contributed by atoms with E-state index in [4.69, 9.17) is 4.98 Å². The van der Waals surface area contributed by atoms with Crippen LogP contribution in [0.5, 0.6) is 0 Å². The molecule has 0 fully saturated rings. The average Bonchev–Trinajstić information content (AvgIpc) is 3.23. The zero-order valence-electron chi connectivity index (χ0n) is 13.8. The summed E-state index contributed by atoms with van der Waals surface area (Å²) in [4.78, 5) is 10.1. The van der Waals surface area contributed by atoms with Gasteiger partial charge in [0, 0.05) is 17.1 Å². The van der Waals surface area contributed by atoms with E-state index in [1.807, 2.05) is 18.2 Å². The third-order valence-electron chi connectivity index (χ3n) is 4.27. The third-order valence-corrected chi connectivity index (χ3v) is 5.09. The number of nitriles is 1. The number of rotatable bonds is 4. The van der Waals surface area contributed by atoms with Gasteiger partial charge in [0.2, 0.25) is 0 Å². The second-order valence-corrected chi connectivity index (χ2v) is 6.58. The number of fused-ring (bicyclic) bond motifs is 1. The van der Waals surface area contributed by atoms with Crippen LogP contribution in [-0.2, 0) is 12.8 Å². The number of aromatic nitrogens is 3. The Hall–Kier alpha value is -2.97. The quantitative estimate of drug-likeness (QED) is 0.537. The molecule has 0 aliphatic heterocycles. The van der Waals surface area contributed by atoms with Crippen molar-refractivity contribution < 1.29 is 0 Å². The molecule has 122 valence electrons. The van der Waals surface area contributed by atoms with Gasteiger partial charge in [0.15, 0.2) is 4.96 Å². The van der Waals surface area contributed by atoms with Crippen molar-refractivity contribution >= 4 is 16.3 Å². The lowest BCUT2D eigenvalue weighted by Crippen LogP contribution is -1.96. The lowest BCUT2D eigenvalue weighted by molar-refractivity contribution is 1.07. The van der Waals surface area contributed by atoms with Gasteiger partial charge in [-0.1, -0.05) is 37.3 Å². The first-order chi connectivity index (χ1) is 12.3. The first-order valence-electron chi connectivity index (χ1n) is 8.18. The fourth-order valence-corrected chi connectivity index (χ4v) is 3.88. The molecule has 0 unspecified atom stereocenters. The molecular weight excluding hydrogens is 328 g/mol. The lowest BCUT2D eigenvalue weighted by Gasteiger charge is -2.05. The summed E-state index contributed by atoms with van der Waals surface area (Å²) >= 11 is 1.57. The standard InChI is InChI=1S/C20H16N4S/c1-2-14-6-8-15(9-7-14)19-17(10-11-21)24-18(13-25-20(24)23-19)16-5-3-4-12-22-16/h3-9,12-13H,2,10H2,1H3. The molecule has 1 aromatic carbocycles. The Bertz CT molecular complexity index is 1050. The maximum absolute atomic E-state index is 9.35. The highest BCUT2D eigenvalue weighted by atomic mass is 32.1. The molecule has 4 aromatic rings. The van der Waals surface area contributed by atoms with E-state index in [1.165, 1.54) is 5.56 Å². The molecule has 0 radical (unpaired) electrons. The second kappa shape index (κ2) is 6.50. The first kappa shape index (κ1) is 15.6. The molecule has 0 amide bonds. The molecule has 0 spiro atoms. The monoisotopic (exact) mass is 344 g/mol. The van der Waals surface area contributed by atoms with E-state index < -0.39 is 0 Å². The van der Waals surface area contributed by atoms with E-state index in [0.717, 1.165) is 39.7 Å². The van der Waals surface area contributed by atoms with Crippen molar-refractivity contribution in [3.8, 4) is 28.7 Å². The number of hydrogen-bond donors (Lipinski definition) is 0. The van der Waals surface area contributed by atoms with Crippen LogP contribution < -0.4 is 0 Å². The van der Waals surface area contributed by atoms with Crippen LogP contribution in [0.4, 0.5) is 0 Å². The van der Waals surface area contributed by atoms with Gasteiger partial charge in [-0.2, -0.15) is 5.26 Å². The van der Waals surface area contributed by atoms with Gasteiger partial charge in [0.05, 0.1) is 35.3 Å². The number of aryl methyl sites for hydroxylation is 1. The molecule has 3 aromatic heterocycles. The summed E-state index contributed by atoms with van der Waals surface area (Å²) in [5.41, 5.74) is 6.01. The van der Waals surface area contributed by atoms with E-state index in [-0.39, 0.29) is 0 Å². The van der Waals surface area contributed by atoms with Gasteiger partial charge in [-0.05, 0) is 24.1 Å². The van der Waals surface area contributed by atoms with Gasteiger partial charge in [0.25, 0.3) is 0 Å². The molecule has 0 aliphatic carbocycles. The molecule has 0 atom stereocenters. The Morgan fingerprint density at radius 3 is 2.68 bits per heavy atom. The number of pyridine rings is 1. The minimum atomic E-state index is 0.308. The predicted octanol–water partition coefficient (Wildman–Crippen LogP) is 4.75. The predicted molar refractivity (Wildman–Crippen MR) is 100 cm³/mol. The van der Waals surface area contributed by atoms with Gasteiger partial charge in [0.1, 0.15) is 0 Å².